The van der Waals surface area contributed by atoms with Crippen LogP contribution in [-0.4, -0.2) is 22.6 Å². The molecule has 1 N–H and O–H groups in total. The molecular formula is C11H8N2O5. The van der Waals surface area contributed by atoms with E-state index in [2.05, 4.69) is 0 Å². The van der Waals surface area contributed by atoms with Gasteiger partial charge in [0.2, 0.25) is 0 Å². The maximum absolute atomic E-state index is 10.7. The Kier molecular flexibility index (Phi) is 4.40. The van der Waals surface area contributed by atoms with Gasteiger partial charge in [-0.1, -0.05) is 0 Å². The molecule has 0 saturated carbocycles. The molecule has 0 atom stereocenters. The number of carbonyl (C=O) groups is 1. The van der Waals surface area contributed by atoms with Crippen molar-refractivity contribution >= 4 is 11.7 Å². The van der Waals surface area contributed by atoms with Crippen molar-refractivity contribution in [1.82, 2.24) is 0 Å². The third-order valence-electron chi connectivity index (χ3n) is 1.88. The van der Waals surface area contributed by atoms with Gasteiger partial charge in [0, 0.05) is 12.1 Å². The summed E-state index contributed by atoms with van der Waals surface area (Å²) >= 11 is 0. The Hall–Kier alpha value is -2.88. The lowest BCUT2D eigenvalue weighted by Crippen LogP contribution is -1.99. The topological polar surface area (TPSA) is 113 Å². The summed E-state index contributed by atoms with van der Waals surface area (Å²) in [5, 5.41) is 27.7. The van der Waals surface area contributed by atoms with E-state index in [1.807, 2.05) is 0 Å². The second kappa shape index (κ2) is 6.00. The van der Waals surface area contributed by atoms with E-state index in [-0.39, 0.29) is 23.6 Å². The maximum Gasteiger partial charge on any atom is 0.328 e. The molecule has 0 aliphatic carbocycles. The minimum atomic E-state index is -1.13. The molecule has 92 valence electrons. The SMILES string of the molecule is N#Cc1ccc(OCC=CC(=O)O)c([N+](=O)[O-])c1. The first-order chi connectivity index (χ1) is 8.54. The summed E-state index contributed by atoms with van der Waals surface area (Å²) in [6.45, 7) is -0.112. The van der Waals surface area contributed by atoms with Crippen LogP contribution in [0.3, 0.4) is 0 Å². The first kappa shape index (κ1) is 13.2. The quantitative estimate of drug-likeness (QED) is 0.479. The molecule has 1 aromatic rings. The molecular weight excluding hydrogens is 240 g/mol. The number of nitro groups is 1. The standard InChI is InChI=1S/C11H8N2O5/c12-7-8-3-4-10(9(6-8)13(16)17)18-5-1-2-11(14)15/h1-4,6H,5H2,(H,14,15). The predicted molar refractivity (Wildman–Crippen MR) is 60.1 cm³/mol. The lowest BCUT2D eigenvalue weighted by molar-refractivity contribution is -0.385. The number of hydrogen-bond donors (Lipinski definition) is 1. The van der Waals surface area contributed by atoms with Gasteiger partial charge in [0.05, 0.1) is 16.6 Å². The van der Waals surface area contributed by atoms with Crippen molar-refractivity contribution in [3.8, 4) is 11.8 Å². The molecule has 0 unspecified atom stereocenters. The number of nitrogens with zero attached hydrogens (tertiary/aromatic N) is 2. The van der Waals surface area contributed by atoms with E-state index >= 15 is 0 Å². The van der Waals surface area contributed by atoms with Gasteiger partial charge in [-0.05, 0) is 18.2 Å². The predicted octanol–water partition coefficient (Wildman–Crippen LogP) is 1.49. The Morgan fingerprint density at radius 1 is 1.61 bits per heavy atom. The second-order valence-electron chi connectivity index (χ2n) is 3.10. The number of aliphatic carboxylic acids is 1. The summed E-state index contributed by atoms with van der Waals surface area (Å²) < 4.78 is 5.05. The fourth-order valence-corrected chi connectivity index (χ4v) is 1.14. The zero-order valence-electron chi connectivity index (χ0n) is 9.07. The molecule has 1 rings (SSSR count). The Morgan fingerprint density at radius 3 is 2.89 bits per heavy atom. The summed E-state index contributed by atoms with van der Waals surface area (Å²) in [6, 6.07) is 5.55. The van der Waals surface area contributed by atoms with Crippen molar-refractivity contribution in [2.24, 2.45) is 0 Å². The van der Waals surface area contributed by atoms with Crippen molar-refractivity contribution in [2.45, 2.75) is 0 Å². The van der Waals surface area contributed by atoms with E-state index in [0.29, 0.717) is 0 Å². The molecule has 0 fully saturated rings. The number of carboxylic acids is 1. The summed E-state index contributed by atoms with van der Waals surface area (Å²) in [7, 11) is 0. The molecule has 0 aliphatic rings. The molecule has 7 nitrogen and oxygen atoms in total. The van der Waals surface area contributed by atoms with Crippen LogP contribution < -0.4 is 4.74 Å². The molecule has 0 aromatic heterocycles. The second-order valence-corrected chi connectivity index (χ2v) is 3.10. The average Bonchev–Trinajstić information content (AvgIpc) is 2.34. The molecule has 0 heterocycles. The van der Waals surface area contributed by atoms with Crippen LogP contribution in [0.25, 0.3) is 0 Å². The Morgan fingerprint density at radius 2 is 2.33 bits per heavy atom. The highest BCUT2D eigenvalue weighted by Crippen LogP contribution is 2.27. The smallest absolute Gasteiger partial charge is 0.328 e. The van der Waals surface area contributed by atoms with Gasteiger partial charge in [-0.3, -0.25) is 10.1 Å². The van der Waals surface area contributed by atoms with Gasteiger partial charge in [-0.15, -0.1) is 0 Å². The summed E-state index contributed by atoms with van der Waals surface area (Å²) in [4.78, 5) is 20.2. The number of carboxylic acid groups (broad SMARTS) is 1. The van der Waals surface area contributed by atoms with Gasteiger partial charge >= 0.3 is 11.7 Å². The fourth-order valence-electron chi connectivity index (χ4n) is 1.14. The number of hydrogen-bond acceptors (Lipinski definition) is 5. The van der Waals surface area contributed by atoms with Gasteiger partial charge < -0.3 is 9.84 Å². The largest absolute Gasteiger partial charge is 0.483 e. The summed E-state index contributed by atoms with van der Waals surface area (Å²) in [5.74, 6) is -1.15. The Balaban J connectivity index is 2.86. The van der Waals surface area contributed by atoms with E-state index in [0.717, 1.165) is 12.1 Å². The van der Waals surface area contributed by atoms with Crippen molar-refractivity contribution in [3.05, 3.63) is 46.0 Å². The molecule has 0 spiro atoms. The highest BCUT2D eigenvalue weighted by molar-refractivity contribution is 5.79. The third kappa shape index (κ3) is 3.61. The molecule has 0 bridgehead atoms. The first-order valence-corrected chi connectivity index (χ1v) is 4.75. The van der Waals surface area contributed by atoms with Crippen LogP contribution in [0.4, 0.5) is 5.69 Å². The van der Waals surface area contributed by atoms with Crippen LogP contribution in [0.15, 0.2) is 30.4 Å². The number of ether oxygens (including phenoxy) is 1. The Labute approximate surface area is 102 Å². The van der Waals surface area contributed by atoms with Gasteiger partial charge in [0.25, 0.3) is 0 Å². The number of rotatable bonds is 5. The fraction of sp³-hybridized carbons (Fsp3) is 0.0909. The lowest BCUT2D eigenvalue weighted by Gasteiger charge is -2.03. The number of benzene rings is 1. The molecule has 0 aliphatic heterocycles. The molecule has 0 amide bonds. The van der Waals surface area contributed by atoms with E-state index < -0.39 is 10.9 Å². The van der Waals surface area contributed by atoms with Crippen LogP contribution in [0.1, 0.15) is 5.56 Å². The normalized spacial score (nSPS) is 9.94. The number of nitriles is 1. The van der Waals surface area contributed by atoms with Gasteiger partial charge in [-0.25, -0.2) is 4.79 Å². The lowest BCUT2D eigenvalue weighted by atomic mass is 10.2. The van der Waals surface area contributed by atoms with Gasteiger partial charge in [0.15, 0.2) is 5.75 Å². The van der Waals surface area contributed by atoms with Crippen molar-refractivity contribution in [2.75, 3.05) is 6.61 Å². The van der Waals surface area contributed by atoms with E-state index in [9.17, 15) is 14.9 Å². The Bertz CT molecular complexity index is 545. The van der Waals surface area contributed by atoms with Crippen LogP contribution >= 0.6 is 0 Å². The van der Waals surface area contributed by atoms with Crippen molar-refractivity contribution in [3.63, 3.8) is 0 Å². The van der Waals surface area contributed by atoms with Crippen LogP contribution in [0.2, 0.25) is 0 Å². The van der Waals surface area contributed by atoms with Crippen molar-refractivity contribution in [1.29, 1.82) is 5.26 Å². The third-order valence-corrected chi connectivity index (χ3v) is 1.88. The zero-order valence-corrected chi connectivity index (χ0v) is 9.07. The molecule has 1 aromatic carbocycles. The summed E-state index contributed by atoms with van der Waals surface area (Å²) in [6.07, 6.45) is 2.08. The maximum atomic E-state index is 10.7. The average molecular weight is 248 g/mol. The van der Waals surface area contributed by atoms with Crippen molar-refractivity contribution < 1.29 is 19.6 Å². The van der Waals surface area contributed by atoms with E-state index in [4.69, 9.17) is 15.1 Å². The van der Waals surface area contributed by atoms with Gasteiger partial charge in [-0.2, -0.15) is 5.26 Å². The minimum Gasteiger partial charge on any atom is -0.483 e. The highest BCUT2D eigenvalue weighted by atomic mass is 16.6. The zero-order chi connectivity index (χ0) is 13.5. The van der Waals surface area contributed by atoms with Gasteiger partial charge in [0.1, 0.15) is 6.61 Å². The molecule has 0 saturated heterocycles. The monoisotopic (exact) mass is 248 g/mol. The van der Waals surface area contributed by atoms with E-state index in [1.54, 1.807) is 6.07 Å². The summed E-state index contributed by atoms with van der Waals surface area (Å²) in [5.41, 5.74) is -0.187. The highest BCUT2D eigenvalue weighted by Gasteiger charge is 2.15. The minimum absolute atomic E-state index is 0.0194. The number of nitro benzene ring substituents is 1. The first-order valence-electron chi connectivity index (χ1n) is 4.75. The molecule has 18 heavy (non-hydrogen) atoms. The molecule has 0 radical (unpaired) electrons. The molecule has 7 heteroatoms. The van der Waals surface area contributed by atoms with Crippen LogP contribution in [0.5, 0.6) is 5.75 Å². The van der Waals surface area contributed by atoms with E-state index in [1.165, 1.54) is 18.2 Å². The van der Waals surface area contributed by atoms with Crippen LogP contribution in [-0.2, 0) is 4.79 Å². The van der Waals surface area contributed by atoms with Crippen LogP contribution in [0, 0.1) is 21.4 Å².